The summed E-state index contributed by atoms with van der Waals surface area (Å²) in [6.07, 6.45) is 0. The Morgan fingerprint density at radius 2 is 2.06 bits per heavy atom. The number of carbonyl (C=O) groups is 2. The van der Waals surface area contributed by atoms with Crippen molar-refractivity contribution in [3.05, 3.63) is 32.9 Å². The van der Waals surface area contributed by atoms with E-state index in [9.17, 15) is 9.59 Å². The van der Waals surface area contributed by atoms with E-state index in [-0.39, 0.29) is 12.5 Å². The first kappa shape index (κ1) is 13.0. The minimum atomic E-state index is -1.01. The number of likely N-dealkylation sites (N-methyl/N-ethyl adjacent to an activating group) is 1. The van der Waals surface area contributed by atoms with E-state index in [0.29, 0.717) is 5.56 Å². The Morgan fingerprint density at radius 1 is 1.44 bits per heavy atom. The summed E-state index contributed by atoms with van der Waals surface area (Å²) in [6.45, 7) is 1.56. The monoisotopic (exact) mass is 333 g/mol. The van der Waals surface area contributed by atoms with Crippen molar-refractivity contribution in [2.75, 3.05) is 13.6 Å². The summed E-state index contributed by atoms with van der Waals surface area (Å²) in [7, 11) is 1.48. The Labute approximate surface area is 107 Å². The number of benzene rings is 1. The van der Waals surface area contributed by atoms with Crippen molar-refractivity contribution in [1.29, 1.82) is 0 Å². The highest BCUT2D eigenvalue weighted by Gasteiger charge is 2.16. The van der Waals surface area contributed by atoms with E-state index < -0.39 is 5.97 Å². The van der Waals surface area contributed by atoms with E-state index in [1.54, 1.807) is 12.1 Å². The molecule has 16 heavy (non-hydrogen) atoms. The fourth-order valence-electron chi connectivity index (χ4n) is 1.32. The van der Waals surface area contributed by atoms with Gasteiger partial charge in [-0.15, -0.1) is 0 Å². The molecule has 0 aliphatic rings. The van der Waals surface area contributed by atoms with Crippen molar-refractivity contribution >= 4 is 34.5 Å². The summed E-state index contributed by atoms with van der Waals surface area (Å²) in [5.74, 6) is -1.28. The zero-order valence-corrected chi connectivity index (χ0v) is 11.2. The molecule has 0 heterocycles. The molecule has 0 aliphatic carbocycles. The third kappa shape index (κ3) is 2.94. The molecule has 86 valence electrons. The lowest BCUT2D eigenvalue weighted by atomic mass is 10.1. The van der Waals surface area contributed by atoms with Crippen LogP contribution in [-0.2, 0) is 4.79 Å². The minimum Gasteiger partial charge on any atom is -0.480 e. The molecule has 1 aromatic carbocycles. The van der Waals surface area contributed by atoms with Crippen LogP contribution < -0.4 is 0 Å². The Hall–Kier alpha value is -1.11. The van der Waals surface area contributed by atoms with Crippen LogP contribution in [0.4, 0.5) is 0 Å². The van der Waals surface area contributed by atoms with Gasteiger partial charge in [-0.3, -0.25) is 9.59 Å². The summed E-state index contributed by atoms with van der Waals surface area (Å²) in [6, 6.07) is 5.40. The van der Waals surface area contributed by atoms with Crippen LogP contribution in [0.5, 0.6) is 0 Å². The molecule has 0 saturated heterocycles. The van der Waals surface area contributed by atoms with Gasteiger partial charge in [0.2, 0.25) is 0 Å². The predicted octanol–water partition coefficient (Wildman–Crippen LogP) is 1.76. The molecule has 0 aromatic heterocycles. The maximum Gasteiger partial charge on any atom is 0.323 e. The maximum absolute atomic E-state index is 11.9. The van der Waals surface area contributed by atoms with Gasteiger partial charge in [-0.25, -0.2) is 0 Å². The van der Waals surface area contributed by atoms with Crippen LogP contribution in [-0.4, -0.2) is 35.5 Å². The summed E-state index contributed by atoms with van der Waals surface area (Å²) in [5.41, 5.74) is 1.43. The molecule has 4 nitrogen and oxygen atoms in total. The van der Waals surface area contributed by atoms with Crippen LogP contribution in [0.2, 0.25) is 0 Å². The van der Waals surface area contributed by atoms with Gasteiger partial charge < -0.3 is 10.0 Å². The van der Waals surface area contributed by atoms with Gasteiger partial charge in [-0.2, -0.15) is 0 Å². The van der Waals surface area contributed by atoms with Gasteiger partial charge in [-0.1, -0.05) is 6.07 Å². The molecule has 0 spiro atoms. The maximum atomic E-state index is 11.9. The molecule has 1 amide bonds. The predicted molar refractivity (Wildman–Crippen MR) is 68.5 cm³/mol. The number of rotatable bonds is 3. The Kier molecular flexibility index (Phi) is 4.28. The number of hydrogen-bond donors (Lipinski definition) is 1. The van der Waals surface area contributed by atoms with E-state index in [0.717, 1.165) is 9.13 Å². The molecule has 0 bridgehead atoms. The molecular weight excluding hydrogens is 321 g/mol. The highest BCUT2D eigenvalue weighted by Crippen LogP contribution is 2.16. The number of amides is 1. The second kappa shape index (κ2) is 5.29. The van der Waals surface area contributed by atoms with Gasteiger partial charge >= 0.3 is 5.97 Å². The lowest BCUT2D eigenvalue weighted by molar-refractivity contribution is -0.137. The first-order valence-electron chi connectivity index (χ1n) is 4.66. The molecule has 0 radical (unpaired) electrons. The summed E-state index contributed by atoms with van der Waals surface area (Å²) >= 11 is 2.15. The number of aliphatic carboxylic acids is 1. The number of carboxylic acids is 1. The van der Waals surface area contributed by atoms with Gasteiger partial charge in [0, 0.05) is 16.2 Å². The number of nitrogens with zero attached hydrogens (tertiary/aromatic N) is 1. The fraction of sp³-hybridized carbons (Fsp3) is 0.273. The van der Waals surface area contributed by atoms with E-state index in [1.807, 2.05) is 13.0 Å². The van der Waals surface area contributed by atoms with Crippen LogP contribution in [0.3, 0.4) is 0 Å². The topological polar surface area (TPSA) is 57.6 Å². The van der Waals surface area contributed by atoms with E-state index in [2.05, 4.69) is 22.6 Å². The van der Waals surface area contributed by atoms with Crippen molar-refractivity contribution in [1.82, 2.24) is 4.90 Å². The lowest BCUT2D eigenvalue weighted by Gasteiger charge is -2.16. The Bertz CT molecular complexity index is 431. The van der Waals surface area contributed by atoms with Crippen LogP contribution >= 0.6 is 22.6 Å². The second-order valence-electron chi connectivity index (χ2n) is 3.47. The third-order valence-electron chi connectivity index (χ3n) is 2.22. The standard InChI is InChI=1S/C11H12INO3/c1-7-8(4-3-5-9(7)12)11(16)13(2)6-10(14)15/h3-5H,6H2,1-2H3,(H,14,15). The Balaban J connectivity index is 2.96. The van der Waals surface area contributed by atoms with Gasteiger partial charge in [0.1, 0.15) is 6.54 Å². The molecule has 1 aromatic rings. The molecule has 0 fully saturated rings. The number of carbonyl (C=O) groups excluding carboxylic acids is 1. The summed E-state index contributed by atoms with van der Waals surface area (Å²) in [5, 5.41) is 8.61. The van der Waals surface area contributed by atoms with Crippen molar-refractivity contribution in [3.8, 4) is 0 Å². The zero-order valence-electron chi connectivity index (χ0n) is 9.03. The molecule has 0 unspecified atom stereocenters. The van der Waals surface area contributed by atoms with Gasteiger partial charge in [0.15, 0.2) is 0 Å². The minimum absolute atomic E-state index is 0.265. The lowest BCUT2D eigenvalue weighted by Crippen LogP contribution is -2.32. The van der Waals surface area contributed by atoms with Crippen molar-refractivity contribution in [2.24, 2.45) is 0 Å². The molecular formula is C11H12INO3. The zero-order chi connectivity index (χ0) is 12.3. The SMILES string of the molecule is Cc1c(I)cccc1C(=O)N(C)CC(=O)O. The van der Waals surface area contributed by atoms with E-state index in [1.165, 1.54) is 11.9 Å². The van der Waals surface area contributed by atoms with Crippen molar-refractivity contribution in [2.45, 2.75) is 6.92 Å². The highest BCUT2D eigenvalue weighted by molar-refractivity contribution is 14.1. The number of hydrogen-bond acceptors (Lipinski definition) is 2. The molecule has 0 saturated carbocycles. The van der Waals surface area contributed by atoms with Gasteiger partial charge in [-0.05, 0) is 47.2 Å². The van der Waals surface area contributed by atoms with Crippen LogP contribution in [0.1, 0.15) is 15.9 Å². The molecule has 0 atom stereocenters. The average Bonchev–Trinajstić information content (AvgIpc) is 2.20. The van der Waals surface area contributed by atoms with Crippen LogP contribution in [0.25, 0.3) is 0 Å². The summed E-state index contributed by atoms with van der Waals surface area (Å²) < 4.78 is 0.993. The first-order chi connectivity index (χ1) is 7.43. The molecule has 5 heteroatoms. The van der Waals surface area contributed by atoms with Crippen LogP contribution in [0.15, 0.2) is 18.2 Å². The largest absolute Gasteiger partial charge is 0.480 e. The third-order valence-corrected chi connectivity index (χ3v) is 3.39. The molecule has 0 aliphatic heterocycles. The number of halogens is 1. The highest BCUT2D eigenvalue weighted by atomic mass is 127. The Morgan fingerprint density at radius 3 is 2.62 bits per heavy atom. The summed E-state index contributed by atoms with van der Waals surface area (Å²) in [4.78, 5) is 23.6. The molecule has 1 N–H and O–H groups in total. The quantitative estimate of drug-likeness (QED) is 0.858. The smallest absolute Gasteiger partial charge is 0.323 e. The molecule has 1 rings (SSSR count). The van der Waals surface area contributed by atoms with Crippen molar-refractivity contribution in [3.63, 3.8) is 0 Å². The van der Waals surface area contributed by atoms with E-state index in [4.69, 9.17) is 5.11 Å². The van der Waals surface area contributed by atoms with Crippen molar-refractivity contribution < 1.29 is 14.7 Å². The average molecular weight is 333 g/mol. The van der Waals surface area contributed by atoms with Gasteiger partial charge in [0.05, 0.1) is 0 Å². The second-order valence-corrected chi connectivity index (χ2v) is 4.63. The normalized spacial score (nSPS) is 9.94. The fourth-order valence-corrected chi connectivity index (χ4v) is 1.82. The van der Waals surface area contributed by atoms with Gasteiger partial charge in [0.25, 0.3) is 5.91 Å². The first-order valence-corrected chi connectivity index (χ1v) is 5.73. The van der Waals surface area contributed by atoms with E-state index >= 15 is 0 Å². The van der Waals surface area contributed by atoms with Crippen LogP contribution in [0, 0.1) is 10.5 Å². The number of carboxylic acid groups (broad SMARTS) is 1.